The summed E-state index contributed by atoms with van der Waals surface area (Å²) in [6, 6.07) is 6.18. The van der Waals surface area contributed by atoms with Gasteiger partial charge in [-0.1, -0.05) is 19.1 Å². The Labute approximate surface area is 178 Å². The van der Waals surface area contributed by atoms with E-state index in [1.165, 1.54) is 10.5 Å². The van der Waals surface area contributed by atoms with Crippen LogP contribution < -0.4 is 10.1 Å². The second-order valence-corrected chi connectivity index (χ2v) is 7.83. The second-order valence-electron chi connectivity index (χ2n) is 7.83. The van der Waals surface area contributed by atoms with Crippen LogP contribution in [0, 0.1) is 12.8 Å². The predicted octanol–water partition coefficient (Wildman–Crippen LogP) is 3.72. The normalized spacial score (nSPS) is 17.7. The van der Waals surface area contributed by atoms with Crippen molar-refractivity contribution in [1.29, 1.82) is 0 Å². The maximum Gasteiger partial charge on any atom is 0.401 e. The fourth-order valence-electron chi connectivity index (χ4n) is 3.83. The number of aliphatic imine (C=N–C) groups is 1. The average Bonchev–Trinajstić information content (AvgIpc) is 3.15. The van der Waals surface area contributed by atoms with E-state index in [-0.39, 0.29) is 5.92 Å². The van der Waals surface area contributed by atoms with Gasteiger partial charge in [0.2, 0.25) is 0 Å². The van der Waals surface area contributed by atoms with Crippen LogP contribution in [-0.4, -0.2) is 74.9 Å². The molecule has 1 aromatic carbocycles. The summed E-state index contributed by atoms with van der Waals surface area (Å²) in [5.41, 5.74) is 2.27. The van der Waals surface area contributed by atoms with Gasteiger partial charge in [-0.05, 0) is 56.3 Å². The highest BCUT2D eigenvalue weighted by Gasteiger charge is 2.33. The first kappa shape index (κ1) is 24.3. The molecule has 1 N–H and O–H groups in total. The molecule has 30 heavy (non-hydrogen) atoms. The topological polar surface area (TPSA) is 40.1 Å². The van der Waals surface area contributed by atoms with Gasteiger partial charge in [0, 0.05) is 32.7 Å². The summed E-state index contributed by atoms with van der Waals surface area (Å²) in [7, 11) is 1.67. The van der Waals surface area contributed by atoms with Gasteiger partial charge in [0.1, 0.15) is 5.75 Å². The van der Waals surface area contributed by atoms with Crippen molar-refractivity contribution in [3.63, 3.8) is 0 Å². The van der Waals surface area contributed by atoms with Crippen molar-refractivity contribution in [3.05, 3.63) is 29.3 Å². The van der Waals surface area contributed by atoms with E-state index in [4.69, 9.17) is 9.73 Å². The highest BCUT2D eigenvalue weighted by molar-refractivity contribution is 5.80. The average molecular weight is 429 g/mol. The molecule has 1 aliphatic rings. The maximum absolute atomic E-state index is 12.7. The number of halogens is 3. The molecule has 0 amide bonds. The van der Waals surface area contributed by atoms with Gasteiger partial charge in [-0.15, -0.1) is 0 Å². The maximum atomic E-state index is 12.7. The van der Waals surface area contributed by atoms with Gasteiger partial charge in [0.15, 0.2) is 5.96 Å². The van der Waals surface area contributed by atoms with Gasteiger partial charge in [-0.2, -0.15) is 13.2 Å². The van der Waals surface area contributed by atoms with E-state index in [1.807, 2.05) is 19.9 Å². The molecule has 1 aliphatic heterocycles. The fraction of sp³-hybridized carbons (Fsp3) is 0.682. The van der Waals surface area contributed by atoms with Gasteiger partial charge in [-0.3, -0.25) is 9.89 Å². The van der Waals surface area contributed by atoms with Gasteiger partial charge in [0.25, 0.3) is 0 Å². The van der Waals surface area contributed by atoms with Crippen molar-refractivity contribution in [2.45, 2.75) is 39.8 Å². The van der Waals surface area contributed by atoms with E-state index in [1.54, 1.807) is 14.0 Å². The Bertz CT molecular complexity index is 693. The van der Waals surface area contributed by atoms with Crippen LogP contribution in [0.2, 0.25) is 0 Å². The van der Waals surface area contributed by atoms with Crippen molar-refractivity contribution in [3.8, 4) is 5.75 Å². The van der Waals surface area contributed by atoms with Crippen molar-refractivity contribution >= 4 is 5.96 Å². The molecule has 0 bridgehead atoms. The fourth-order valence-corrected chi connectivity index (χ4v) is 3.83. The summed E-state index contributed by atoms with van der Waals surface area (Å²) >= 11 is 0. The summed E-state index contributed by atoms with van der Waals surface area (Å²) in [5, 5.41) is 3.33. The highest BCUT2D eigenvalue weighted by Crippen LogP contribution is 2.22. The third kappa shape index (κ3) is 7.70. The lowest BCUT2D eigenvalue weighted by molar-refractivity contribution is -0.146. The van der Waals surface area contributed by atoms with Crippen LogP contribution in [-0.2, 0) is 6.42 Å². The summed E-state index contributed by atoms with van der Waals surface area (Å²) in [4.78, 5) is 8.42. The van der Waals surface area contributed by atoms with Gasteiger partial charge in [0.05, 0.1) is 13.7 Å². The van der Waals surface area contributed by atoms with Crippen molar-refractivity contribution in [2.75, 3.05) is 52.9 Å². The minimum atomic E-state index is -4.15. The third-order valence-electron chi connectivity index (χ3n) is 5.42. The molecule has 1 unspecified atom stereocenters. The third-order valence-corrected chi connectivity index (χ3v) is 5.42. The summed E-state index contributed by atoms with van der Waals surface area (Å²) in [6.45, 7) is 8.81. The number of nitrogens with one attached hydrogen (secondary N) is 1. The standard InChI is InChI=1S/C22H35F3N4O/c1-5-26-21(27-11-9-18-8-7-17(3)20(13-18)30-4)29-12-10-19(15-29)14-28(6-2)16-22(23,24)25/h7-8,13,19H,5-6,9-12,14-16H2,1-4H3,(H,26,27). The van der Waals surface area contributed by atoms with Gasteiger partial charge in [-0.25, -0.2) is 0 Å². The lowest BCUT2D eigenvalue weighted by atomic mass is 10.1. The van der Waals surface area contributed by atoms with Gasteiger partial charge >= 0.3 is 6.18 Å². The zero-order valence-corrected chi connectivity index (χ0v) is 18.6. The SMILES string of the molecule is CCNC(=NCCc1ccc(C)c(OC)c1)N1CCC(CN(CC)CC(F)(F)F)C1. The molecule has 2 rings (SSSR count). The monoisotopic (exact) mass is 428 g/mol. The van der Waals surface area contributed by atoms with Crippen molar-refractivity contribution in [1.82, 2.24) is 15.1 Å². The minimum Gasteiger partial charge on any atom is -0.496 e. The zero-order valence-electron chi connectivity index (χ0n) is 18.6. The summed E-state index contributed by atoms with van der Waals surface area (Å²) in [6.07, 6.45) is -2.46. The molecular weight excluding hydrogens is 393 g/mol. The van der Waals surface area contributed by atoms with E-state index in [0.717, 1.165) is 49.7 Å². The largest absolute Gasteiger partial charge is 0.496 e. The smallest absolute Gasteiger partial charge is 0.401 e. The van der Waals surface area contributed by atoms with Crippen molar-refractivity contribution < 1.29 is 17.9 Å². The molecule has 1 atom stereocenters. The Hall–Kier alpha value is -1.96. The number of alkyl halides is 3. The molecule has 1 heterocycles. The molecule has 0 aliphatic carbocycles. The lowest BCUT2D eigenvalue weighted by Crippen LogP contribution is -2.42. The van der Waals surface area contributed by atoms with E-state index in [0.29, 0.717) is 19.6 Å². The zero-order chi connectivity index (χ0) is 22.1. The molecule has 1 fully saturated rings. The Kier molecular flexibility index (Phi) is 9.27. The van der Waals surface area contributed by atoms with Crippen LogP contribution in [0.5, 0.6) is 5.75 Å². The summed E-state index contributed by atoms with van der Waals surface area (Å²) in [5.74, 6) is 1.94. The van der Waals surface area contributed by atoms with E-state index in [2.05, 4.69) is 22.3 Å². The number of hydrogen-bond donors (Lipinski definition) is 1. The molecule has 0 radical (unpaired) electrons. The Balaban J connectivity index is 1.92. The first-order valence-electron chi connectivity index (χ1n) is 10.7. The minimum absolute atomic E-state index is 0.220. The molecular formula is C22H35F3N4O. The summed E-state index contributed by atoms with van der Waals surface area (Å²) < 4.78 is 43.6. The first-order chi connectivity index (χ1) is 14.3. The number of benzene rings is 1. The van der Waals surface area contributed by atoms with E-state index in [9.17, 15) is 13.2 Å². The van der Waals surface area contributed by atoms with Crippen LogP contribution in [0.1, 0.15) is 31.4 Å². The number of nitrogens with zero attached hydrogens (tertiary/aromatic N) is 3. The quantitative estimate of drug-likeness (QED) is 0.481. The molecule has 1 aromatic rings. The van der Waals surface area contributed by atoms with Crippen LogP contribution in [0.25, 0.3) is 0 Å². The number of aryl methyl sites for hydroxylation is 1. The Morgan fingerprint density at radius 3 is 2.73 bits per heavy atom. The lowest BCUT2D eigenvalue weighted by Gasteiger charge is -2.26. The van der Waals surface area contributed by atoms with Gasteiger partial charge < -0.3 is 15.0 Å². The van der Waals surface area contributed by atoms with E-state index < -0.39 is 12.7 Å². The molecule has 170 valence electrons. The van der Waals surface area contributed by atoms with Crippen LogP contribution in [0.15, 0.2) is 23.2 Å². The number of hydrogen-bond acceptors (Lipinski definition) is 3. The number of likely N-dealkylation sites (tertiary alicyclic amines) is 1. The number of methoxy groups -OCH3 is 1. The molecule has 0 spiro atoms. The molecule has 0 aromatic heterocycles. The first-order valence-corrected chi connectivity index (χ1v) is 10.7. The Morgan fingerprint density at radius 1 is 1.33 bits per heavy atom. The predicted molar refractivity (Wildman–Crippen MR) is 115 cm³/mol. The number of ether oxygens (including phenoxy) is 1. The van der Waals surface area contributed by atoms with Crippen molar-refractivity contribution in [2.24, 2.45) is 10.9 Å². The molecule has 5 nitrogen and oxygen atoms in total. The number of rotatable bonds is 9. The van der Waals surface area contributed by atoms with Crippen LogP contribution in [0.3, 0.4) is 0 Å². The molecule has 8 heteroatoms. The number of guanidine groups is 1. The Morgan fingerprint density at radius 2 is 2.10 bits per heavy atom. The molecule has 1 saturated heterocycles. The molecule has 0 saturated carbocycles. The van der Waals surface area contributed by atoms with E-state index >= 15 is 0 Å². The van der Waals surface area contributed by atoms with Crippen LogP contribution >= 0.6 is 0 Å². The van der Waals surface area contributed by atoms with Crippen LogP contribution in [0.4, 0.5) is 13.2 Å². The second kappa shape index (κ2) is 11.4. The highest BCUT2D eigenvalue weighted by atomic mass is 19.4.